The van der Waals surface area contributed by atoms with Crippen LogP contribution in [0.4, 0.5) is 5.69 Å². The third-order valence-electron chi connectivity index (χ3n) is 4.94. The van der Waals surface area contributed by atoms with Gasteiger partial charge in [0.1, 0.15) is 0 Å². The van der Waals surface area contributed by atoms with Crippen LogP contribution in [-0.4, -0.2) is 29.9 Å². The Morgan fingerprint density at radius 3 is 2.50 bits per heavy atom. The molecule has 2 aliphatic rings. The van der Waals surface area contributed by atoms with Crippen LogP contribution in [0.1, 0.15) is 46.6 Å². The molecule has 1 aromatic carbocycles. The van der Waals surface area contributed by atoms with Crippen molar-refractivity contribution in [3.05, 3.63) is 54.0 Å². The third kappa shape index (κ3) is 4.08. The van der Waals surface area contributed by atoms with Crippen LogP contribution in [0.5, 0.6) is 0 Å². The van der Waals surface area contributed by atoms with Crippen LogP contribution in [-0.2, 0) is 0 Å². The number of hydrogen-bond donors (Lipinski definition) is 3. The zero-order valence-corrected chi connectivity index (χ0v) is 15.1. The molecule has 4 rings (SSSR count). The van der Waals surface area contributed by atoms with E-state index in [0.29, 0.717) is 23.3 Å². The maximum absolute atomic E-state index is 12.6. The fourth-order valence-corrected chi connectivity index (χ4v) is 3.78. The van der Waals surface area contributed by atoms with Gasteiger partial charge in [0, 0.05) is 29.4 Å². The number of fused-ring (bicyclic) bond motifs is 2. The monoisotopic (exact) mass is 375 g/mol. The van der Waals surface area contributed by atoms with Crippen molar-refractivity contribution in [3.8, 4) is 0 Å². The Morgan fingerprint density at radius 1 is 1.04 bits per heavy atom. The average molecular weight is 376 g/mol. The Labute approximate surface area is 158 Å². The number of amides is 2. The maximum Gasteiger partial charge on any atom is 0.291 e. The molecule has 7 heteroatoms. The van der Waals surface area contributed by atoms with E-state index in [2.05, 4.69) is 16.0 Å². The third-order valence-corrected chi connectivity index (χ3v) is 4.94. The second kappa shape index (κ2) is 7.93. The van der Waals surface area contributed by atoms with Crippen molar-refractivity contribution in [2.24, 2.45) is 0 Å². The first kappa shape index (κ1) is 18.5. The lowest BCUT2D eigenvalue weighted by Crippen LogP contribution is -2.48. The smallest absolute Gasteiger partial charge is 0.291 e. The van der Waals surface area contributed by atoms with Gasteiger partial charge in [-0.05, 0) is 56.0 Å². The number of rotatable bonds is 4. The molecule has 3 heterocycles. The van der Waals surface area contributed by atoms with Gasteiger partial charge in [-0.2, -0.15) is 0 Å². The summed E-state index contributed by atoms with van der Waals surface area (Å²) in [6.45, 7) is 0. The molecule has 138 valence electrons. The highest BCUT2D eigenvalue weighted by Gasteiger charge is 2.34. The minimum Gasteiger partial charge on any atom is -0.459 e. The van der Waals surface area contributed by atoms with Crippen LogP contribution < -0.4 is 16.0 Å². The number of halogens is 1. The lowest BCUT2D eigenvalue weighted by Gasteiger charge is -2.29. The zero-order chi connectivity index (χ0) is 17.2. The van der Waals surface area contributed by atoms with Crippen LogP contribution in [0.2, 0.25) is 0 Å². The van der Waals surface area contributed by atoms with Gasteiger partial charge in [0.2, 0.25) is 0 Å². The highest BCUT2D eigenvalue weighted by atomic mass is 35.5. The van der Waals surface area contributed by atoms with Gasteiger partial charge >= 0.3 is 0 Å². The van der Waals surface area contributed by atoms with Crippen LogP contribution >= 0.6 is 12.4 Å². The lowest BCUT2D eigenvalue weighted by atomic mass is 9.99. The minimum atomic E-state index is -0.336. The minimum absolute atomic E-state index is 0. The van der Waals surface area contributed by atoms with Crippen LogP contribution in [0, 0.1) is 0 Å². The molecular weight excluding hydrogens is 354 g/mol. The number of furan rings is 1. The molecule has 0 radical (unpaired) electrons. The summed E-state index contributed by atoms with van der Waals surface area (Å²) < 4.78 is 5.07. The molecule has 2 aromatic rings. The molecule has 2 amide bonds. The zero-order valence-electron chi connectivity index (χ0n) is 14.2. The Balaban J connectivity index is 0.00000196. The van der Waals surface area contributed by atoms with Crippen molar-refractivity contribution in [1.82, 2.24) is 10.6 Å². The summed E-state index contributed by atoms with van der Waals surface area (Å²) in [5.41, 5.74) is 1.11. The van der Waals surface area contributed by atoms with Gasteiger partial charge in [-0.15, -0.1) is 12.4 Å². The van der Waals surface area contributed by atoms with Gasteiger partial charge in [-0.3, -0.25) is 9.59 Å². The Bertz CT molecular complexity index is 766. The maximum atomic E-state index is 12.6. The summed E-state index contributed by atoms with van der Waals surface area (Å²) in [5.74, 6) is -0.196. The molecule has 1 aromatic heterocycles. The Morgan fingerprint density at radius 2 is 1.81 bits per heavy atom. The molecule has 2 unspecified atom stereocenters. The van der Waals surface area contributed by atoms with E-state index >= 15 is 0 Å². The van der Waals surface area contributed by atoms with Gasteiger partial charge in [-0.25, -0.2) is 0 Å². The molecule has 26 heavy (non-hydrogen) atoms. The van der Waals surface area contributed by atoms with Crippen LogP contribution in [0.15, 0.2) is 47.1 Å². The number of nitrogens with one attached hydrogen (secondary N) is 3. The van der Waals surface area contributed by atoms with E-state index in [0.717, 1.165) is 12.8 Å². The first-order valence-electron chi connectivity index (χ1n) is 8.69. The van der Waals surface area contributed by atoms with E-state index in [1.54, 1.807) is 36.4 Å². The van der Waals surface area contributed by atoms with E-state index in [9.17, 15) is 9.59 Å². The molecular formula is C19H22ClN3O3. The predicted molar refractivity (Wildman–Crippen MR) is 101 cm³/mol. The summed E-state index contributed by atoms with van der Waals surface area (Å²) in [7, 11) is 0. The number of carbonyl (C=O) groups excluding carboxylic acids is 2. The first-order chi connectivity index (χ1) is 12.2. The molecule has 2 fully saturated rings. The molecule has 2 atom stereocenters. The highest BCUT2D eigenvalue weighted by molar-refractivity contribution is 6.03. The van der Waals surface area contributed by atoms with Crippen LogP contribution in [0.3, 0.4) is 0 Å². The molecule has 2 bridgehead atoms. The number of piperidine rings is 1. The molecule has 6 nitrogen and oxygen atoms in total. The molecule has 0 saturated carbocycles. The van der Waals surface area contributed by atoms with Crippen molar-refractivity contribution in [2.75, 3.05) is 5.32 Å². The first-order valence-corrected chi connectivity index (χ1v) is 8.69. The Hall–Kier alpha value is -2.31. The second-order valence-electron chi connectivity index (χ2n) is 6.79. The fourth-order valence-electron chi connectivity index (χ4n) is 3.78. The number of benzene rings is 1. The van der Waals surface area contributed by atoms with E-state index in [-0.39, 0.29) is 36.0 Å². The van der Waals surface area contributed by atoms with Gasteiger partial charge in [-0.1, -0.05) is 6.07 Å². The van der Waals surface area contributed by atoms with E-state index in [4.69, 9.17) is 4.42 Å². The van der Waals surface area contributed by atoms with E-state index in [1.165, 1.54) is 19.1 Å². The van der Waals surface area contributed by atoms with Gasteiger partial charge in [0.25, 0.3) is 11.8 Å². The quantitative estimate of drug-likeness (QED) is 0.767. The van der Waals surface area contributed by atoms with Gasteiger partial charge in [0.15, 0.2) is 5.76 Å². The normalized spacial score (nSPS) is 23.8. The van der Waals surface area contributed by atoms with E-state index < -0.39 is 0 Å². The van der Waals surface area contributed by atoms with Crippen LogP contribution in [0.25, 0.3) is 0 Å². The summed E-state index contributed by atoms with van der Waals surface area (Å²) in [4.78, 5) is 24.6. The van der Waals surface area contributed by atoms with Crippen molar-refractivity contribution in [2.45, 2.75) is 43.8 Å². The largest absolute Gasteiger partial charge is 0.459 e. The average Bonchev–Trinajstić information content (AvgIpc) is 3.25. The summed E-state index contributed by atoms with van der Waals surface area (Å²) >= 11 is 0. The number of hydrogen-bond acceptors (Lipinski definition) is 4. The SMILES string of the molecule is Cl.O=C(NC1CC2CCC(C1)N2)c1cccc(NC(=O)c2ccco2)c1. The predicted octanol–water partition coefficient (Wildman–Crippen LogP) is 2.97. The molecule has 2 aliphatic heterocycles. The molecule has 2 saturated heterocycles. The van der Waals surface area contributed by atoms with Crippen molar-refractivity contribution < 1.29 is 14.0 Å². The van der Waals surface area contributed by atoms with Crippen molar-refractivity contribution >= 4 is 29.9 Å². The number of anilines is 1. The molecule has 0 spiro atoms. The lowest BCUT2D eigenvalue weighted by molar-refractivity contribution is 0.0922. The van der Waals surface area contributed by atoms with Gasteiger partial charge in [0.05, 0.1) is 6.26 Å². The summed E-state index contributed by atoms with van der Waals surface area (Å²) in [6.07, 6.45) is 5.82. The van der Waals surface area contributed by atoms with Crippen molar-refractivity contribution in [1.29, 1.82) is 0 Å². The highest BCUT2D eigenvalue weighted by Crippen LogP contribution is 2.27. The van der Waals surface area contributed by atoms with Gasteiger partial charge < -0.3 is 20.4 Å². The molecule has 0 aliphatic carbocycles. The second-order valence-corrected chi connectivity index (χ2v) is 6.79. The van der Waals surface area contributed by atoms with E-state index in [1.807, 2.05) is 0 Å². The molecule has 3 N–H and O–H groups in total. The summed E-state index contributed by atoms with van der Waals surface area (Å²) in [6, 6.07) is 11.5. The number of carbonyl (C=O) groups is 2. The fraction of sp³-hybridized carbons (Fsp3) is 0.368. The summed E-state index contributed by atoms with van der Waals surface area (Å²) in [5, 5.41) is 9.45. The van der Waals surface area contributed by atoms with Crippen molar-refractivity contribution in [3.63, 3.8) is 0 Å². The Kier molecular flexibility index (Phi) is 5.64. The standard InChI is InChI=1S/C19H21N3O3.ClH/c23-18(22-16-10-14-6-7-15(11-16)20-14)12-3-1-4-13(9-12)21-19(24)17-5-2-8-25-17;/h1-5,8-9,14-16,20H,6-7,10-11H2,(H,21,24)(H,22,23);1H. The topological polar surface area (TPSA) is 83.4 Å².